The summed E-state index contributed by atoms with van der Waals surface area (Å²) in [5, 5.41) is 3.68. The zero-order chi connectivity index (χ0) is 13.8. The Labute approximate surface area is 125 Å². The summed E-state index contributed by atoms with van der Waals surface area (Å²) < 4.78 is 14.6. The zero-order valence-electron chi connectivity index (χ0n) is 10.3. The van der Waals surface area contributed by atoms with Gasteiger partial charge in [0.1, 0.15) is 5.82 Å². The Bertz CT molecular complexity index is 560. The van der Waals surface area contributed by atoms with E-state index in [9.17, 15) is 4.39 Å². The minimum absolute atomic E-state index is 0.0546. The van der Waals surface area contributed by atoms with Crippen molar-refractivity contribution in [2.24, 2.45) is 0 Å². The van der Waals surface area contributed by atoms with Gasteiger partial charge in [0, 0.05) is 15.7 Å². The van der Waals surface area contributed by atoms with Crippen molar-refractivity contribution in [2.75, 3.05) is 7.05 Å². The van der Waals surface area contributed by atoms with Gasteiger partial charge in [0.15, 0.2) is 0 Å². The number of hydrogen-bond acceptors (Lipinski definition) is 2. The zero-order valence-corrected chi connectivity index (χ0v) is 12.7. The molecule has 0 fully saturated rings. The molecule has 1 N–H and O–H groups in total. The fourth-order valence-corrected chi connectivity index (χ4v) is 2.30. The van der Waals surface area contributed by atoms with Gasteiger partial charge in [-0.05, 0) is 65.3 Å². The number of halogens is 3. The van der Waals surface area contributed by atoms with E-state index in [1.54, 1.807) is 18.3 Å². The third-order valence-corrected chi connectivity index (χ3v) is 3.59. The number of aromatic nitrogens is 1. The van der Waals surface area contributed by atoms with Crippen LogP contribution >= 0.6 is 27.5 Å². The van der Waals surface area contributed by atoms with Gasteiger partial charge in [0.05, 0.1) is 11.7 Å². The Balaban J connectivity index is 2.23. The quantitative estimate of drug-likeness (QED) is 0.902. The highest BCUT2D eigenvalue weighted by molar-refractivity contribution is 9.10. The number of benzene rings is 1. The van der Waals surface area contributed by atoms with Crippen LogP contribution in [0.15, 0.2) is 41.0 Å². The van der Waals surface area contributed by atoms with Gasteiger partial charge in [-0.2, -0.15) is 0 Å². The van der Waals surface area contributed by atoms with Gasteiger partial charge < -0.3 is 5.32 Å². The van der Waals surface area contributed by atoms with Crippen molar-refractivity contribution < 1.29 is 4.39 Å². The third-order valence-electron chi connectivity index (χ3n) is 2.89. The lowest BCUT2D eigenvalue weighted by Gasteiger charge is -2.16. The van der Waals surface area contributed by atoms with E-state index >= 15 is 0 Å². The van der Waals surface area contributed by atoms with E-state index in [0.717, 1.165) is 10.2 Å². The van der Waals surface area contributed by atoms with Crippen LogP contribution in [0.2, 0.25) is 5.02 Å². The van der Waals surface area contributed by atoms with Crippen LogP contribution in [-0.2, 0) is 6.42 Å². The summed E-state index contributed by atoms with van der Waals surface area (Å²) in [7, 11) is 1.83. The molecule has 0 spiro atoms. The van der Waals surface area contributed by atoms with Gasteiger partial charge in [-0.15, -0.1) is 0 Å². The maximum absolute atomic E-state index is 13.7. The first-order valence-electron chi connectivity index (χ1n) is 5.83. The smallest absolute Gasteiger partial charge is 0.126 e. The van der Waals surface area contributed by atoms with Crippen LogP contribution < -0.4 is 5.32 Å². The van der Waals surface area contributed by atoms with Gasteiger partial charge in [-0.25, -0.2) is 4.39 Å². The van der Waals surface area contributed by atoms with Crippen LogP contribution in [-0.4, -0.2) is 12.0 Å². The van der Waals surface area contributed by atoms with Gasteiger partial charge in [0.2, 0.25) is 0 Å². The summed E-state index contributed by atoms with van der Waals surface area (Å²) in [6.07, 6.45) is 2.23. The standard InChI is InChI=1S/C14H13BrClFN2/c1-18-14(13-5-2-10(15)8-19-13)7-9-6-11(16)3-4-12(9)17/h2-6,8,14,18H,7H2,1H3. The van der Waals surface area contributed by atoms with E-state index in [2.05, 4.69) is 26.2 Å². The van der Waals surface area contributed by atoms with Crippen molar-refractivity contribution in [1.82, 2.24) is 10.3 Å². The second-order valence-electron chi connectivity index (χ2n) is 4.18. The highest BCUT2D eigenvalue weighted by atomic mass is 79.9. The van der Waals surface area contributed by atoms with E-state index in [1.165, 1.54) is 6.07 Å². The molecular formula is C14H13BrClFN2. The number of likely N-dealkylation sites (N-methyl/N-ethyl adjacent to an activating group) is 1. The maximum atomic E-state index is 13.7. The summed E-state index contributed by atoms with van der Waals surface area (Å²) in [5.74, 6) is -0.248. The number of nitrogens with one attached hydrogen (secondary N) is 1. The summed E-state index contributed by atoms with van der Waals surface area (Å²) >= 11 is 9.25. The molecule has 100 valence electrons. The lowest BCUT2D eigenvalue weighted by atomic mass is 10.0. The van der Waals surface area contributed by atoms with Gasteiger partial charge in [0.25, 0.3) is 0 Å². The second kappa shape index (κ2) is 6.46. The Morgan fingerprint density at radius 1 is 1.37 bits per heavy atom. The molecule has 0 bridgehead atoms. The molecule has 0 aliphatic rings. The number of pyridine rings is 1. The van der Waals surface area contributed by atoms with Gasteiger partial charge >= 0.3 is 0 Å². The fourth-order valence-electron chi connectivity index (χ4n) is 1.87. The van der Waals surface area contributed by atoms with Gasteiger partial charge in [-0.3, -0.25) is 4.98 Å². The number of rotatable bonds is 4. The highest BCUT2D eigenvalue weighted by Gasteiger charge is 2.14. The topological polar surface area (TPSA) is 24.9 Å². The van der Waals surface area contributed by atoms with E-state index < -0.39 is 0 Å². The van der Waals surface area contributed by atoms with Crippen molar-refractivity contribution in [2.45, 2.75) is 12.5 Å². The highest BCUT2D eigenvalue weighted by Crippen LogP contribution is 2.22. The third kappa shape index (κ3) is 3.75. The molecule has 0 saturated heterocycles. The Kier molecular flexibility index (Phi) is 4.91. The molecule has 1 heterocycles. The van der Waals surface area contributed by atoms with Crippen molar-refractivity contribution in [3.63, 3.8) is 0 Å². The average Bonchev–Trinajstić information content (AvgIpc) is 2.41. The van der Waals surface area contributed by atoms with Crippen LogP contribution in [0.1, 0.15) is 17.3 Å². The van der Waals surface area contributed by atoms with Gasteiger partial charge in [-0.1, -0.05) is 11.6 Å². The monoisotopic (exact) mass is 342 g/mol. The largest absolute Gasteiger partial charge is 0.311 e. The second-order valence-corrected chi connectivity index (χ2v) is 5.53. The van der Waals surface area contributed by atoms with Crippen LogP contribution in [0.3, 0.4) is 0 Å². The number of nitrogens with zero attached hydrogens (tertiary/aromatic N) is 1. The SMILES string of the molecule is CNC(Cc1cc(Cl)ccc1F)c1ccc(Br)cn1. The van der Waals surface area contributed by atoms with Crippen LogP contribution in [0, 0.1) is 5.82 Å². The van der Waals surface area contributed by atoms with Crippen molar-refractivity contribution in [3.8, 4) is 0 Å². The molecule has 0 amide bonds. The van der Waals surface area contributed by atoms with E-state index in [1.807, 2.05) is 19.2 Å². The van der Waals surface area contributed by atoms with Crippen LogP contribution in [0.4, 0.5) is 4.39 Å². The molecule has 0 aliphatic heterocycles. The minimum atomic E-state index is -0.248. The molecule has 2 nitrogen and oxygen atoms in total. The Morgan fingerprint density at radius 3 is 2.79 bits per heavy atom. The first-order valence-corrected chi connectivity index (χ1v) is 7.00. The minimum Gasteiger partial charge on any atom is -0.311 e. The molecule has 1 atom stereocenters. The predicted molar refractivity (Wildman–Crippen MR) is 78.9 cm³/mol. The molecule has 19 heavy (non-hydrogen) atoms. The molecule has 5 heteroatoms. The van der Waals surface area contributed by atoms with E-state index in [0.29, 0.717) is 17.0 Å². The Hall–Kier alpha value is -0.970. The predicted octanol–water partition coefficient (Wildman–Crippen LogP) is 4.14. The Morgan fingerprint density at radius 2 is 2.16 bits per heavy atom. The molecule has 1 unspecified atom stereocenters. The van der Waals surface area contributed by atoms with Crippen LogP contribution in [0.5, 0.6) is 0 Å². The lowest BCUT2D eigenvalue weighted by molar-refractivity contribution is 0.545. The van der Waals surface area contributed by atoms with E-state index in [4.69, 9.17) is 11.6 Å². The fraction of sp³-hybridized carbons (Fsp3) is 0.214. The first kappa shape index (κ1) is 14.4. The van der Waals surface area contributed by atoms with Crippen LogP contribution in [0.25, 0.3) is 0 Å². The number of hydrogen-bond donors (Lipinski definition) is 1. The lowest BCUT2D eigenvalue weighted by Crippen LogP contribution is -2.20. The average molecular weight is 344 g/mol. The summed E-state index contributed by atoms with van der Waals surface area (Å²) in [6.45, 7) is 0. The first-order chi connectivity index (χ1) is 9.10. The molecule has 0 saturated carbocycles. The molecule has 0 aliphatic carbocycles. The maximum Gasteiger partial charge on any atom is 0.126 e. The molecule has 2 aromatic rings. The molecule has 2 rings (SSSR count). The molecule has 1 aromatic carbocycles. The van der Waals surface area contributed by atoms with Crippen molar-refractivity contribution in [3.05, 3.63) is 63.1 Å². The normalized spacial score (nSPS) is 12.4. The molecule has 1 aromatic heterocycles. The van der Waals surface area contributed by atoms with Crippen molar-refractivity contribution >= 4 is 27.5 Å². The van der Waals surface area contributed by atoms with E-state index in [-0.39, 0.29) is 11.9 Å². The summed E-state index contributed by atoms with van der Waals surface area (Å²) in [6, 6.07) is 8.36. The van der Waals surface area contributed by atoms with Crippen molar-refractivity contribution in [1.29, 1.82) is 0 Å². The summed E-state index contributed by atoms with van der Waals surface area (Å²) in [4.78, 5) is 4.33. The summed E-state index contributed by atoms with van der Waals surface area (Å²) in [5.41, 5.74) is 1.45. The molecular weight excluding hydrogens is 331 g/mol. The molecule has 0 radical (unpaired) electrons.